The smallest absolute Gasteiger partial charge is 0.338 e. The van der Waals surface area contributed by atoms with E-state index in [-0.39, 0.29) is 16.2 Å². The molecule has 1 aliphatic rings. The third-order valence-electron chi connectivity index (χ3n) is 5.45. The lowest BCUT2D eigenvalue weighted by Gasteiger charge is -2.19. The fourth-order valence-corrected chi connectivity index (χ4v) is 4.39. The summed E-state index contributed by atoms with van der Waals surface area (Å²) in [4.78, 5) is 25.2. The van der Waals surface area contributed by atoms with E-state index in [1.165, 1.54) is 30.5 Å². The summed E-state index contributed by atoms with van der Waals surface area (Å²) in [5.74, 6) is -0.940. The van der Waals surface area contributed by atoms with Crippen molar-refractivity contribution in [2.45, 2.75) is 24.3 Å². The summed E-state index contributed by atoms with van der Waals surface area (Å²) >= 11 is 0. The lowest BCUT2D eigenvalue weighted by atomic mass is 10.0. The summed E-state index contributed by atoms with van der Waals surface area (Å²) in [6, 6.07) is 14.4. The van der Waals surface area contributed by atoms with E-state index >= 15 is 0 Å². The number of esters is 1. The number of hydrazone groups is 1. The number of benzene rings is 2. The van der Waals surface area contributed by atoms with Gasteiger partial charge in [-0.25, -0.2) is 23.4 Å². The molecule has 1 aromatic heterocycles. The quantitative estimate of drug-likeness (QED) is 0.495. The number of rotatable bonds is 7. The van der Waals surface area contributed by atoms with Crippen molar-refractivity contribution < 1.29 is 31.9 Å². The minimum Gasteiger partial charge on any atom is -0.495 e. The van der Waals surface area contributed by atoms with Gasteiger partial charge in [-0.05, 0) is 42.8 Å². The number of sulfonamides is 1. The van der Waals surface area contributed by atoms with Crippen molar-refractivity contribution in [3.05, 3.63) is 83.3 Å². The van der Waals surface area contributed by atoms with Crippen LogP contribution in [0.25, 0.3) is 0 Å². The molecule has 0 bridgehead atoms. The number of furan rings is 1. The molecule has 35 heavy (non-hydrogen) atoms. The molecule has 1 amide bonds. The van der Waals surface area contributed by atoms with Gasteiger partial charge >= 0.3 is 5.97 Å². The van der Waals surface area contributed by atoms with Gasteiger partial charge in [0.05, 0.1) is 24.6 Å². The Kier molecular flexibility index (Phi) is 6.72. The Morgan fingerprint density at radius 1 is 1.17 bits per heavy atom. The standard InChI is InChI=1S/C24H23N3O7S/c1-15-5-7-16(8-6-15)18-13-19(20-4-3-11-33-20)27(26-18)23(28)14-34-24(29)17-9-10-21(32-2)22(12-17)35(25,30)31/h3-12,19H,13-14H2,1-2H3,(H2,25,30,31). The van der Waals surface area contributed by atoms with Crippen LogP contribution in [0.3, 0.4) is 0 Å². The third-order valence-corrected chi connectivity index (χ3v) is 6.39. The van der Waals surface area contributed by atoms with E-state index in [2.05, 4.69) is 5.10 Å². The Bertz CT molecular complexity index is 1380. The van der Waals surface area contributed by atoms with Crippen LogP contribution in [0.15, 0.2) is 75.3 Å². The second-order valence-corrected chi connectivity index (χ2v) is 9.40. The topological polar surface area (TPSA) is 142 Å². The van der Waals surface area contributed by atoms with Crippen LogP contribution in [0.5, 0.6) is 5.75 Å². The summed E-state index contributed by atoms with van der Waals surface area (Å²) in [7, 11) is -2.87. The number of hydrogen-bond acceptors (Lipinski definition) is 8. The first-order chi connectivity index (χ1) is 16.7. The molecule has 1 unspecified atom stereocenters. The van der Waals surface area contributed by atoms with Crippen LogP contribution < -0.4 is 9.88 Å². The van der Waals surface area contributed by atoms with Crippen molar-refractivity contribution in [2.75, 3.05) is 13.7 Å². The number of carbonyl (C=O) groups excluding carboxylic acids is 2. The lowest BCUT2D eigenvalue weighted by molar-refractivity contribution is -0.136. The number of methoxy groups -OCH3 is 1. The van der Waals surface area contributed by atoms with E-state index < -0.39 is 34.5 Å². The van der Waals surface area contributed by atoms with Crippen molar-refractivity contribution in [3.8, 4) is 5.75 Å². The number of carbonyl (C=O) groups is 2. The maximum absolute atomic E-state index is 13.0. The van der Waals surface area contributed by atoms with Gasteiger partial charge in [0.15, 0.2) is 6.61 Å². The molecule has 11 heteroatoms. The lowest BCUT2D eigenvalue weighted by Crippen LogP contribution is -2.31. The highest BCUT2D eigenvalue weighted by molar-refractivity contribution is 7.89. The fourth-order valence-electron chi connectivity index (χ4n) is 3.67. The Morgan fingerprint density at radius 2 is 1.91 bits per heavy atom. The SMILES string of the molecule is COc1ccc(C(=O)OCC(=O)N2N=C(c3ccc(C)cc3)CC2c2ccco2)cc1S(N)(=O)=O. The third kappa shape index (κ3) is 5.26. The van der Waals surface area contributed by atoms with Crippen LogP contribution in [0, 0.1) is 6.92 Å². The van der Waals surface area contributed by atoms with E-state index in [9.17, 15) is 18.0 Å². The number of nitrogens with two attached hydrogens (primary N) is 1. The summed E-state index contributed by atoms with van der Waals surface area (Å²) < 4.78 is 39.3. The number of hydrogen-bond donors (Lipinski definition) is 1. The molecule has 1 atom stereocenters. The van der Waals surface area contributed by atoms with E-state index in [1.807, 2.05) is 31.2 Å². The van der Waals surface area contributed by atoms with E-state index in [4.69, 9.17) is 19.0 Å². The highest BCUT2D eigenvalue weighted by Crippen LogP contribution is 2.33. The first-order valence-electron chi connectivity index (χ1n) is 10.6. The zero-order valence-electron chi connectivity index (χ0n) is 19.0. The van der Waals surface area contributed by atoms with Crippen molar-refractivity contribution in [3.63, 3.8) is 0 Å². The van der Waals surface area contributed by atoms with Gasteiger partial charge in [0.1, 0.15) is 22.4 Å². The van der Waals surface area contributed by atoms with Crippen LogP contribution in [-0.2, 0) is 19.6 Å². The molecule has 3 aromatic rings. The minimum absolute atomic E-state index is 0.0172. The molecule has 10 nitrogen and oxygen atoms in total. The van der Waals surface area contributed by atoms with Crippen LogP contribution in [0.1, 0.15) is 39.7 Å². The molecule has 0 spiro atoms. The largest absolute Gasteiger partial charge is 0.495 e. The molecule has 2 N–H and O–H groups in total. The maximum Gasteiger partial charge on any atom is 0.338 e. The molecule has 0 aliphatic carbocycles. The number of nitrogens with zero attached hydrogens (tertiary/aromatic N) is 2. The highest BCUT2D eigenvalue weighted by Gasteiger charge is 2.35. The van der Waals surface area contributed by atoms with Gasteiger partial charge in [-0.2, -0.15) is 5.10 Å². The van der Waals surface area contributed by atoms with Crippen LogP contribution in [0.4, 0.5) is 0 Å². The van der Waals surface area contributed by atoms with Crippen molar-refractivity contribution in [1.29, 1.82) is 0 Å². The molecule has 2 aromatic carbocycles. The average Bonchev–Trinajstić information content (AvgIpc) is 3.52. The molecular weight excluding hydrogens is 474 g/mol. The van der Waals surface area contributed by atoms with E-state index in [0.717, 1.165) is 17.2 Å². The molecule has 0 saturated carbocycles. The van der Waals surface area contributed by atoms with Gasteiger partial charge in [-0.3, -0.25) is 4.79 Å². The molecule has 0 fully saturated rings. The fraction of sp³-hybridized carbons (Fsp3) is 0.208. The average molecular weight is 498 g/mol. The highest BCUT2D eigenvalue weighted by atomic mass is 32.2. The van der Waals surface area contributed by atoms with E-state index in [1.54, 1.807) is 12.1 Å². The van der Waals surface area contributed by atoms with Crippen molar-refractivity contribution >= 4 is 27.6 Å². The van der Waals surface area contributed by atoms with Gasteiger partial charge in [0.25, 0.3) is 5.91 Å². The van der Waals surface area contributed by atoms with Gasteiger partial charge in [0.2, 0.25) is 10.0 Å². The predicted molar refractivity (Wildman–Crippen MR) is 125 cm³/mol. The summed E-state index contributed by atoms with van der Waals surface area (Å²) in [6.45, 7) is 1.36. The zero-order chi connectivity index (χ0) is 25.2. The van der Waals surface area contributed by atoms with Crippen molar-refractivity contribution in [1.82, 2.24) is 5.01 Å². The summed E-state index contributed by atoms with van der Waals surface area (Å²) in [6.07, 6.45) is 1.93. The van der Waals surface area contributed by atoms with E-state index in [0.29, 0.717) is 17.9 Å². The van der Waals surface area contributed by atoms with Gasteiger partial charge in [-0.15, -0.1) is 0 Å². The Hall–Kier alpha value is -3.96. The Balaban J connectivity index is 1.52. The van der Waals surface area contributed by atoms with Gasteiger partial charge in [0, 0.05) is 6.42 Å². The first kappa shape index (κ1) is 24.2. The Morgan fingerprint density at radius 3 is 2.54 bits per heavy atom. The molecule has 0 radical (unpaired) electrons. The zero-order valence-corrected chi connectivity index (χ0v) is 19.8. The molecular formula is C24H23N3O7S. The Labute approximate surface area is 202 Å². The molecule has 1 aliphatic heterocycles. The summed E-state index contributed by atoms with van der Waals surface area (Å²) in [5.41, 5.74) is 2.56. The van der Waals surface area contributed by atoms with Crippen LogP contribution >= 0.6 is 0 Å². The first-order valence-corrected chi connectivity index (χ1v) is 12.1. The molecule has 0 saturated heterocycles. The number of primary sulfonamides is 1. The second-order valence-electron chi connectivity index (χ2n) is 7.87. The predicted octanol–water partition coefficient (Wildman–Crippen LogP) is 2.78. The second kappa shape index (κ2) is 9.72. The monoisotopic (exact) mass is 497 g/mol. The number of ether oxygens (including phenoxy) is 2. The van der Waals surface area contributed by atoms with Gasteiger partial charge < -0.3 is 13.9 Å². The number of aryl methyl sites for hydroxylation is 1. The maximum atomic E-state index is 13.0. The molecule has 2 heterocycles. The molecule has 182 valence electrons. The van der Waals surface area contributed by atoms with Crippen molar-refractivity contribution in [2.24, 2.45) is 10.2 Å². The van der Waals surface area contributed by atoms with Crippen LogP contribution in [0.2, 0.25) is 0 Å². The molecule has 4 rings (SSSR count). The van der Waals surface area contributed by atoms with Gasteiger partial charge in [-0.1, -0.05) is 29.8 Å². The normalized spacial score (nSPS) is 15.6. The minimum atomic E-state index is -4.15. The van der Waals surface area contributed by atoms with Crippen LogP contribution in [-0.4, -0.2) is 44.7 Å². The summed E-state index contributed by atoms with van der Waals surface area (Å²) in [5, 5.41) is 10.9. The number of amides is 1.